The first-order valence-corrected chi connectivity index (χ1v) is 6.75. The van der Waals surface area contributed by atoms with Crippen molar-refractivity contribution in [1.82, 2.24) is 9.38 Å². The molecule has 0 unspecified atom stereocenters. The van der Waals surface area contributed by atoms with Gasteiger partial charge >= 0.3 is 5.97 Å². The Kier molecular flexibility index (Phi) is 3.30. The number of fused-ring (bicyclic) bond motifs is 1. The van der Waals surface area contributed by atoms with Crippen LogP contribution in [0.3, 0.4) is 0 Å². The molecule has 3 aromatic rings. The summed E-state index contributed by atoms with van der Waals surface area (Å²) in [7, 11) is 0. The van der Waals surface area contributed by atoms with Crippen molar-refractivity contribution in [3.05, 3.63) is 52.8 Å². The van der Waals surface area contributed by atoms with E-state index in [1.807, 2.05) is 11.6 Å². The molecular formula is C13H9F2N3O2S. The van der Waals surface area contributed by atoms with E-state index < -0.39 is 23.2 Å². The quantitative estimate of drug-likeness (QED) is 0.596. The van der Waals surface area contributed by atoms with Crippen LogP contribution in [0.5, 0.6) is 0 Å². The lowest BCUT2D eigenvalue weighted by Gasteiger charge is -2.05. The molecule has 2 heterocycles. The van der Waals surface area contributed by atoms with Gasteiger partial charge in [-0.05, 0) is 6.07 Å². The highest BCUT2D eigenvalue weighted by Crippen LogP contribution is 2.18. The number of halogens is 2. The molecule has 0 amide bonds. The third-order valence-corrected chi connectivity index (χ3v) is 3.57. The summed E-state index contributed by atoms with van der Waals surface area (Å²) >= 11 is 1.43. The number of nitrogen functional groups attached to an aromatic ring is 1. The molecule has 0 radical (unpaired) electrons. The molecular weight excluding hydrogens is 300 g/mol. The molecule has 21 heavy (non-hydrogen) atoms. The molecule has 0 aliphatic rings. The fraction of sp³-hybridized carbons (Fsp3) is 0.0769. The van der Waals surface area contributed by atoms with Crippen molar-refractivity contribution in [1.29, 1.82) is 0 Å². The number of hydrogen-bond acceptors (Lipinski definition) is 5. The summed E-state index contributed by atoms with van der Waals surface area (Å²) in [5, 5.41) is 1.87. The van der Waals surface area contributed by atoms with Crippen LogP contribution in [0, 0.1) is 11.6 Å². The van der Waals surface area contributed by atoms with Gasteiger partial charge < -0.3 is 10.5 Å². The minimum absolute atomic E-state index is 0.126. The van der Waals surface area contributed by atoms with Gasteiger partial charge in [-0.25, -0.2) is 18.6 Å². The van der Waals surface area contributed by atoms with Crippen molar-refractivity contribution in [2.75, 3.05) is 5.73 Å². The second-order valence-corrected chi connectivity index (χ2v) is 5.13. The highest BCUT2D eigenvalue weighted by molar-refractivity contribution is 7.15. The van der Waals surface area contributed by atoms with Gasteiger partial charge in [0.25, 0.3) is 0 Å². The van der Waals surface area contributed by atoms with Crippen molar-refractivity contribution >= 4 is 28.0 Å². The van der Waals surface area contributed by atoms with Crippen LogP contribution < -0.4 is 5.73 Å². The number of carbonyl (C=O) groups excluding carboxylic acids is 1. The molecule has 0 atom stereocenters. The van der Waals surface area contributed by atoms with E-state index in [0.717, 1.165) is 17.1 Å². The topological polar surface area (TPSA) is 69.6 Å². The Hall–Kier alpha value is -2.48. The largest absolute Gasteiger partial charge is 0.455 e. The van der Waals surface area contributed by atoms with E-state index >= 15 is 0 Å². The lowest BCUT2D eigenvalue weighted by Crippen LogP contribution is -2.09. The predicted molar refractivity (Wildman–Crippen MR) is 73.0 cm³/mol. The zero-order valence-corrected chi connectivity index (χ0v) is 11.4. The molecule has 0 bridgehead atoms. The molecule has 5 nitrogen and oxygen atoms in total. The number of aromatic nitrogens is 2. The Labute approximate surface area is 121 Å². The minimum atomic E-state index is -0.970. The summed E-state index contributed by atoms with van der Waals surface area (Å²) < 4.78 is 33.5. The summed E-state index contributed by atoms with van der Waals surface area (Å²) in [6.07, 6.45) is 3.51. The van der Waals surface area contributed by atoms with E-state index in [4.69, 9.17) is 10.5 Å². The zero-order chi connectivity index (χ0) is 15.0. The molecule has 0 aliphatic heterocycles. The van der Waals surface area contributed by atoms with Crippen LogP contribution in [0.15, 0.2) is 29.9 Å². The Balaban J connectivity index is 1.74. The Morgan fingerprint density at radius 1 is 1.38 bits per heavy atom. The molecule has 0 saturated carbocycles. The first-order chi connectivity index (χ1) is 10.0. The second-order valence-electron chi connectivity index (χ2n) is 4.25. The van der Waals surface area contributed by atoms with Gasteiger partial charge in [-0.2, -0.15) is 0 Å². The summed E-state index contributed by atoms with van der Waals surface area (Å²) in [5.41, 5.74) is 4.87. The number of anilines is 1. The SMILES string of the molecule is Nc1cc(F)c(C(=O)OCc2cn3ccsc3n2)cc1F. The van der Waals surface area contributed by atoms with Gasteiger partial charge in [0.2, 0.25) is 0 Å². The van der Waals surface area contributed by atoms with Crippen LogP contribution in [0.1, 0.15) is 16.1 Å². The minimum Gasteiger partial charge on any atom is -0.455 e. The molecule has 0 saturated heterocycles. The van der Waals surface area contributed by atoms with E-state index in [0.29, 0.717) is 5.69 Å². The van der Waals surface area contributed by atoms with Crippen LogP contribution >= 0.6 is 11.3 Å². The molecule has 3 rings (SSSR count). The van der Waals surface area contributed by atoms with Crippen molar-refractivity contribution in [2.45, 2.75) is 6.61 Å². The van der Waals surface area contributed by atoms with Gasteiger partial charge in [-0.15, -0.1) is 11.3 Å². The average Bonchev–Trinajstić information content (AvgIpc) is 3.01. The molecule has 108 valence electrons. The highest BCUT2D eigenvalue weighted by Gasteiger charge is 2.17. The van der Waals surface area contributed by atoms with E-state index in [1.54, 1.807) is 10.6 Å². The van der Waals surface area contributed by atoms with E-state index in [2.05, 4.69) is 4.98 Å². The predicted octanol–water partition coefficient (Wildman–Crippen LogP) is 2.61. The molecule has 1 aromatic carbocycles. The smallest absolute Gasteiger partial charge is 0.341 e. The van der Waals surface area contributed by atoms with Crippen LogP contribution in [0.2, 0.25) is 0 Å². The van der Waals surface area contributed by atoms with Gasteiger partial charge in [0.15, 0.2) is 4.96 Å². The number of nitrogens with two attached hydrogens (primary N) is 1. The van der Waals surface area contributed by atoms with E-state index in [9.17, 15) is 13.6 Å². The van der Waals surface area contributed by atoms with Crippen LogP contribution in [0.4, 0.5) is 14.5 Å². The molecule has 2 N–H and O–H groups in total. The number of nitrogens with zero attached hydrogens (tertiary/aromatic N) is 2. The molecule has 2 aromatic heterocycles. The number of benzene rings is 1. The van der Waals surface area contributed by atoms with Crippen molar-refractivity contribution < 1.29 is 18.3 Å². The lowest BCUT2D eigenvalue weighted by molar-refractivity contribution is 0.0462. The summed E-state index contributed by atoms with van der Waals surface area (Å²) in [6.45, 7) is -0.126. The van der Waals surface area contributed by atoms with Crippen LogP contribution in [-0.4, -0.2) is 15.4 Å². The number of imidazole rings is 1. The summed E-state index contributed by atoms with van der Waals surface area (Å²) in [5.74, 6) is -2.77. The fourth-order valence-corrected chi connectivity index (χ4v) is 2.50. The second kappa shape index (κ2) is 5.13. The molecule has 0 fully saturated rings. The maximum Gasteiger partial charge on any atom is 0.341 e. The fourth-order valence-electron chi connectivity index (χ4n) is 1.78. The number of carbonyl (C=O) groups is 1. The van der Waals surface area contributed by atoms with Crippen LogP contribution in [-0.2, 0) is 11.3 Å². The Bertz CT molecular complexity index is 800. The molecule has 8 heteroatoms. The number of thiazole rings is 1. The first-order valence-electron chi connectivity index (χ1n) is 5.87. The highest BCUT2D eigenvalue weighted by atomic mass is 32.1. The van der Waals surface area contributed by atoms with Gasteiger partial charge in [0.05, 0.1) is 16.9 Å². The number of rotatable bonds is 3. The summed E-state index contributed by atoms with van der Waals surface area (Å²) in [4.78, 5) is 16.7. The average molecular weight is 309 g/mol. The van der Waals surface area contributed by atoms with Crippen LogP contribution in [0.25, 0.3) is 4.96 Å². The monoisotopic (exact) mass is 309 g/mol. The maximum atomic E-state index is 13.6. The summed E-state index contributed by atoms with van der Waals surface area (Å²) in [6, 6.07) is 1.47. The van der Waals surface area contributed by atoms with Gasteiger partial charge in [-0.1, -0.05) is 0 Å². The first kappa shape index (κ1) is 13.5. The van der Waals surface area contributed by atoms with E-state index in [-0.39, 0.29) is 12.3 Å². The Morgan fingerprint density at radius 3 is 2.95 bits per heavy atom. The number of hydrogen-bond donors (Lipinski definition) is 1. The third-order valence-electron chi connectivity index (χ3n) is 2.80. The Morgan fingerprint density at radius 2 is 2.19 bits per heavy atom. The van der Waals surface area contributed by atoms with Gasteiger partial charge in [0.1, 0.15) is 18.2 Å². The number of ether oxygens (including phenoxy) is 1. The van der Waals surface area contributed by atoms with Crippen molar-refractivity contribution in [3.63, 3.8) is 0 Å². The van der Waals surface area contributed by atoms with Gasteiger partial charge in [0, 0.05) is 23.8 Å². The van der Waals surface area contributed by atoms with Gasteiger partial charge in [-0.3, -0.25) is 4.40 Å². The standard InChI is InChI=1S/C13H9F2N3O2S/c14-9-4-11(16)10(15)3-8(9)12(19)20-6-7-5-18-1-2-21-13(18)17-7/h1-5H,6,16H2. The third kappa shape index (κ3) is 2.57. The molecule has 0 spiro atoms. The van der Waals surface area contributed by atoms with Crippen molar-refractivity contribution in [2.24, 2.45) is 0 Å². The molecule has 0 aliphatic carbocycles. The van der Waals surface area contributed by atoms with Crippen molar-refractivity contribution in [3.8, 4) is 0 Å². The normalized spacial score (nSPS) is 11.0. The number of esters is 1. The lowest BCUT2D eigenvalue weighted by atomic mass is 10.2. The van der Waals surface area contributed by atoms with E-state index in [1.165, 1.54) is 11.3 Å². The maximum absolute atomic E-state index is 13.6. The zero-order valence-electron chi connectivity index (χ0n) is 10.5.